The Morgan fingerprint density at radius 3 is 2.31 bits per heavy atom. The molecule has 5 rings (SSSR count). The van der Waals surface area contributed by atoms with Gasteiger partial charge < -0.3 is 14.8 Å². The van der Waals surface area contributed by atoms with Crippen LogP contribution in [0.15, 0.2) is 97.2 Å². The first-order chi connectivity index (χ1) is 19.6. The Bertz CT molecular complexity index is 1670. The fraction of sp³-hybridized carbons (Fsp3) is 0.188. The summed E-state index contributed by atoms with van der Waals surface area (Å²) in [6.45, 7) is 1.75. The number of methoxy groups -OCH3 is 1. The van der Waals surface area contributed by atoms with Gasteiger partial charge in [-0.15, -0.1) is 0 Å². The number of alkyl halides is 3. The monoisotopic (exact) mass is 579 g/mol. The van der Waals surface area contributed by atoms with Crippen LogP contribution in [0.4, 0.5) is 17.6 Å². The van der Waals surface area contributed by atoms with Gasteiger partial charge in [-0.05, 0) is 91.3 Å². The molecule has 1 aromatic heterocycles. The molecule has 0 bridgehead atoms. The molecule has 0 aliphatic heterocycles. The topological polar surface area (TPSA) is 65.4 Å². The highest BCUT2D eigenvalue weighted by Gasteiger charge is 2.30. The Kier molecular flexibility index (Phi) is 8.84. The van der Waals surface area contributed by atoms with E-state index in [0.29, 0.717) is 22.7 Å². The lowest BCUT2D eigenvalue weighted by atomic mass is 10.0. The number of hydrogen-bond donors (Lipinski definition) is 1. The van der Waals surface area contributed by atoms with Crippen molar-refractivity contribution in [3.8, 4) is 17.2 Å². The highest BCUT2D eigenvalue weighted by molar-refractivity contribution is 5.94. The summed E-state index contributed by atoms with van der Waals surface area (Å²) in [5.74, 6) is 0.204. The molecular formula is C32H29F4N3O3. The number of carbonyl (C=O) groups excluding carboxylic acids is 1. The first kappa shape index (κ1) is 30.1. The molecule has 4 aromatic carbocycles. The SMILES string of the molecule is C.COc1cccc([C@@H](Oc2ccc3c(cnn3-c3ccc(F)cc3)c2)[C@H](C)NC(=O)c2ccc(C(F)(F)F)cc2)c1. The van der Waals surface area contributed by atoms with E-state index in [2.05, 4.69) is 10.4 Å². The Balaban J connectivity index is 0.00000405. The molecule has 0 radical (unpaired) electrons. The molecule has 5 aromatic rings. The van der Waals surface area contributed by atoms with E-state index in [9.17, 15) is 22.4 Å². The summed E-state index contributed by atoms with van der Waals surface area (Å²) in [6, 6.07) is 22.0. The molecule has 1 amide bonds. The summed E-state index contributed by atoms with van der Waals surface area (Å²) in [7, 11) is 1.54. The summed E-state index contributed by atoms with van der Waals surface area (Å²) in [5.41, 5.74) is 1.45. The van der Waals surface area contributed by atoms with Crippen LogP contribution in [0.1, 0.15) is 41.9 Å². The van der Waals surface area contributed by atoms with Crippen LogP contribution in [0.5, 0.6) is 11.5 Å². The number of nitrogens with one attached hydrogen (secondary N) is 1. The van der Waals surface area contributed by atoms with E-state index in [1.165, 1.54) is 19.2 Å². The van der Waals surface area contributed by atoms with Crippen LogP contribution in [-0.4, -0.2) is 28.8 Å². The largest absolute Gasteiger partial charge is 0.497 e. The maximum atomic E-state index is 13.4. The van der Waals surface area contributed by atoms with Crippen molar-refractivity contribution < 1.29 is 31.8 Å². The molecule has 0 aliphatic rings. The van der Waals surface area contributed by atoms with Gasteiger partial charge in [-0.2, -0.15) is 18.3 Å². The summed E-state index contributed by atoms with van der Waals surface area (Å²) in [5, 5.41) is 8.04. The Hall–Kier alpha value is -4.86. The molecule has 6 nitrogen and oxygen atoms in total. The standard InChI is InChI=1S/C31H25F4N3O3.CH4/c1-19(37-30(39)20-6-8-23(9-7-20)31(33,34)35)29(21-4-3-5-26(16-21)40-2)41-27-14-15-28-22(17-27)18-36-38(28)25-12-10-24(32)11-13-25;/h3-19,29H,1-2H3,(H,37,39);1H4/t19-,29-;/m0./s1. The number of hydrogen-bond acceptors (Lipinski definition) is 4. The van der Waals surface area contributed by atoms with Crippen LogP contribution < -0.4 is 14.8 Å². The maximum Gasteiger partial charge on any atom is 0.416 e. The van der Waals surface area contributed by atoms with E-state index in [-0.39, 0.29) is 18.8 Å². The third-order valence-corrected chi connectivity index (χ3v) is 6.58. The normalized spacial score (nSPS) is 12.7. The highest BCUT2D eigenvalue weighted by atomic mass is 19.4. The number of rotatable bonds is 8. The maximum absolute atomic E-state index is 13.4. The van der Waals surface area contributed by atoms with Crippen molar-refractivity contribution in [2.75, 3.05) is 7.11 Å². The first-order valence-electron chi connectivity index (χ1n) is 12.6. The highest BCUT2D eigenvalue weighted by Crippen LogP contribution is 2.31. The first-order valence-corrected chi connectivity index (χ1v) is 12.6. The zero-order valence-electron chi connectivity index (χ0n) is 22.0. The summed E-state index contributed by atoms with van der Waals surface area (Å²) >= 11 is 0. The molecule has 1 N–H and O–H groups in total. The summed E-state index contributed by atoms with van der Waals surface area (Å²) < 4.78 is 65.7. The summed E-state index contributed by atoms with van der Waals surface area (Å²) in [4.78, 5) is 13.0. The zero-order chi connectivity index (χ0) is 29.1. The van der Waals surface area contributed by atoms with E-state index in [0.717, 1.165) is 35.2 Å². The molecule has 0 aliphatic carbocycles. The molecule has 218 valence electrons. The molecule has 2 atom stereocenters. The van der Waals surface area contributed by atoms with Crippen molar-refractivity contribution >= 4 is 16.8 Å². The molecule has 0 fully saturated rings. The number of benzene rings is 4. The lowest BCUT2D eigenvalue weighted by Gasteiger charge is -2.27. The molecule has 42 heavy (non-hydrogen) atoms. The van der Waals surface area contributed by atoms with E-state index < -0.39 is 29.8 Å². The number of fused-ring (bicyclic) bond motifs is 1. The minimum Gasteiger partial charge on any atom is -0.497 e. The lowest BCUT2D eigenvalue weighted by Crippen LogP contribution is -2.39. The van der Waals surface area contributed by atoms with Gasteiger partial charge in [0.05, 0.1) is 36.1 Å². The zero-order valence-corrected chi connectivity index (χ0v) is 22.0. The Morgan fingerprint density at radius 1 is 0.929 bits per heavy atom. The minimum absolute atomic E-state index is 0. The van der Waals surface area contributed by atoms with Gasteiger partial charge in [-0.25, -0.2) is 9.07 Å². The van der Waals surface area contributed by atoms with Crippen LogP contribution in [0.2, 0.25) is 0 Å². The third-order valence-electron chi connectivity index (χ3n) is 6.58. The second-order valence-corrected chi connectivity index (χ2v) is 9.41. The number of carbonyl (C=O) groups is 1. The van der Waals surface area contributed by atoms with Gasteiger partial charge in [0.1, 0.15) is 23.4 Å². The predicted octanol–water partition coefficient (Wildman–Crippen LogP) is 7.77. The van der Waals surface area contributed by atoms with Crippen molar-refractivity contribution in [3.05, 3.63) is 120 Å². The van der Waals surface area contributed by atoms with E-state index in [4.69, 9.17) is 9.47 Å². The number of halogens is 4. The smallest absolute Gasteiger partial charge is 0.416 e. The molecule has 0 saturated heterocycles. The molecule has 1 heterocycles. The Morgan fingerprint density at radius 2 is 1.64 bits per heavy atom. The number of nitrogens with zero attached hydrogens (tertiary/aromatic N) is 2. The third kappa shape index (κ3) is 6.54. The average molecular weight is 580 g/mol. The average Bonchev–Trinajstić information content (AvgIpc) is 3.39. The number of aromatic nitrogens is 2. The van der Waals surface area contributed by atoms with E-state index >= 15 is 0 Å². The van der Waals surface area contributed by atoms with E-state index in [1.807, 2.05) is 12.1 Å². The molecule has 0 spiro atoms. The van der Waals surface area contributed by atoms with Gasteiger partial charge in [0.25, 0.3) is 5.91 Å². The van der Waals surface area contributed by atoms with Gasteiger partial charge >= 0.3 is 6.18 Å². The van der Waals surface area contributed by atoms with Crippen LogP contribution >= 0.6 is 0 Å². The van der Waals surface area contributed by atoms with Crippen molar-refractivity contribution in [1.82, 2.24) is 15.1 Å². The lowest BCUT2D eigenvalue weighted by molar-refractivity contribution is -0.137. The molecular weight excluding hydrogens is 550 g/mol. The quantitative estimate of drug-likeness (QED) is 0.191. The van der Waals surface area contributed by atoms with Crippen LogP contribution in [0.25, 0.3) is 16.6 Å². The van der Waals surface area contributed by atoms with Crippen molar-refractivity contribution in [1.29, 1.82) is 0 Å². The second kappa shape index (κ2) is 12.3. The Labute approximate surface area is 240 Å². The summed E-state index contributed by atoms with van der Waals surface area (Å²) in [6.07, 6.45) is -3.51. The minimum atomic E-state index is -4.50. The van der Waals surface area contributed by atoms with Crippen LogP contribution in [-0.2, 0) is 6.18 Å². The van der Waals surface area contributed by atoms with Gasteiger partial charge in [0, 0.05) is 10.9 Å². The number of amides is 1. The second-order valence-electron chi connectivity index (χ2n) is 9.41. The number of ether oxygens (including phenoxy) is 2. The fourth-order valence-electron chi connectivity index (χ4n) is 4.47. The van der Waals surface area contributed by atoms with Crippen molar-refractivity contribution in [2.24, 2.45) is 0 Å². The van der Waals surface area contributed by atoms with Gasteiger partial charge in [0.15, 0.2) is 0 Å². The van der Waals surface area contributed by atoms with E-state index in [1.54, 1.807) is 60.3 Å². The molecule has 0 unspecified atom stereocenters. The fourth-order valence-corrected chi connectivity index (χ4v) is 4.47. The van der Waals surface area contributed by atoms with Crippen LogP contribution in [0, 0.1) is 5.82 Å². The van der Waals surface area contributed by atoms with Gasteiger partial charge in [-0.1, -0.05) is 19.6 Å². The van der Waals surface area contributed by atoms with Crippen molar-refractivity contribution in [3.63, 3.8) is 0 Å². The van der Waals surface area contributed by atoms with Gasteiger partial charge in [-0.3, -0.25) is 4.79 Å². The van der Waals surface area contributed by atoms with Gasteiger partial charge in [0.2, 0.25) is 0 Å². The van der Waals surface area contributed by atoms with Crippen molar-refractivity contribution in [2.45, 2.75) is 32.7 Å². The predicted molar refractivity (Wildman–Crippen MR) is 152 cm³/mol. The van der Waals surface area contributed by atoms with Crippen LogP contribution in [0.3, 0.4) is 0 Å². The molecule has 0 saturated carbocycles. The molecule has 10 heteroatoms.